The molecule has 0 aliphatic rings. The van der Waals surface area contributed by atoms with E-state index in [4.69, 9.17) is 4.74 Å². The molecule has 6 nitrogen and oxygen atoms in total. The predicted octanol–water partition coefficient (Wildman–Crippen LogP) is 2.68. The second kappa shape index (κ2) is 6.62. The van der Waals surface area contributed by atoms with Gasteiger partial charge in [-0.3, -0.25) is 14.0 Å². The highest BCUT2D eigenvalue weighted by Gasteiger charge is 2.05. The molecule has 0 aliphatic heterocycles. The lowest BCUT2D eigenvalue weighted by molar-refractivity contribution is -0.115. The summed E-state index contributed by atoms with van der Waals surface area (Å²) >= 11 is 1.40. The Morgan fingerprint density at radius 1 is 1.35 bits per heavy atom. The van der Waals surface area contributed by atoms with Crippen LogP contribution in [-0.4, -0.2) is 15.3 Å². The smallest absolute Gasteiger partial charge is 0.258 e. The zero-order chi connectivity index (χ0) is 16.2. The van der Waals surface area contributed by atoms with E-state index in [9.17, 15) is 9.59 Å². The molecule has 0 fully saturated rings. The Labute approximate surface area is 136 Å². The molecule has 0 unspecified atom stereocenters. The SMILES string of the molecule is CCC(=O)Nc1ccc(OCc2cc(=O)n3ccsc3n2)cc1. The third-order valence-corrected chi connectivity index (χ3v) is 3.96. The Morgan fingerprint density at radius 3 is 2.87 bits per heavy atom. The van der Waals surface area contributed by atoms with Gasteiger partial charge in [0.1, 0.15) is 12.4 Å². The average Bonchev–Trinajstić information content (AvgIpc) is 3.03. The van der Waals surface area contributed by atoms with Crippen molar-refractivity contribution in [2.45, 2.75) is 20.0 Å². The maximum absolute atomic E-state index is 11.9. The molecule has 23 heavy (non-hydrogen) atoms. The molecule has 0 saturated carbocycles. The molecule has 3 rings (SSSR count). The van der Waals surface area contributed by atoms with Gasteiger partial charge in [0, 0.05) is 29.8 Å². The second-order valence-corrected chi connectivity index (χ2v) is 5.73. The molecule has 2 heterocycles. The van der Waals surface area contributed by atoms with Crippen LogP contribution < -0.4 is 15.6 Å². The van der Waals surface area contributed by atoms with Gasteiger partial charge >= 0.3 is 0 Å². The van der Waals surface area contributed by atoms with Crippen molar-refractivity contribution in [3.63, 3.8) is 0 Å². The normalized spacial score (nSPS) is 10.7. The Morgan fingerprint density at radius 2 is 2.13 bits per heavy atom. The van der Waals surface area contributed by atoms with Gasteiger partial charge in [0.25, 0.3) is 5.56 Å². The lowest BCUT2D eigenvalue weighted by Crippen LogP contribution is -2.14. The first-order valence-electron chi connectivity index (χ1n) is 7.14. The van der Waals surface area contributed by atoms with E-state index in [1.165, 1.54) is 21.8 Å². The maximum Gasteiger partial charge on any atom is 0.258 e. The van der Waals surface area contributed by atoms with Crippen LogP contribution in [-0.2, 0) is 11.4 Å². The van der Waals surface area contributed by atoms with Crippen molar-refractivity contribution in [2.24, 2.45) is 0 Å². The summed E-state index contributed by atoms with van der Waals surface area (Å²) in [6.45, 7) is 2.01. The number of amides is 1. The number of aromatic nitrogens is 2. The number of hydrogen-bond donors (Lipinski definition) is 1. The van der Waals surface area contributed by atoms with Crippen LogP contribution in [0.5, 0.6) is 5.75 Å². The number of rotatable bonds is 5. The van der Waals surface area contributed by atoms with Crippen molar-refractivity contribution in [3.8, 4) is 5.75 Å². The molecule has 0 bridgehead atoms. The van der Waals surface area contributed by atoms with Crippen molar-refractivity contribution in [1.29, 1.82) is 0 Å². The maximum atomic E-state index is 11.9. The van der Waals surface area contributed by atoms with Crippen LogP contribution in [0.3, 0.4) is 0 Å². The quantitative estimate of drug-likeness (QED) is 0.781. The molecule has 1 aromatic carbocycles. The molecule has 1 amide bonds. The van der Waals surface area contributed by atoms with Gasteiger partial charge in [0.15, 0.2) is 4.96 Å². The van der Waals surface area contributed by atoms with Crippen LogP contribution in [0.1, 0.15) is 19.0 Å². The minimum Gasteiger partial charge on any atom is -0.487 e. The van der Waals surface area contributed by atoms with Crippen LogP contribution >= 0.6 is 11.3 Å². The zero-order valence-corrected chi connectivity index (χ0v) is 13.3. The predicted molar refractivity (Wildman–Crippen MR) is 89.0 cm³/mol. The fraction of sp³-hybridized carbons (Fsp3) is 0.188. The number of fused-ring (bicyclic) bond motifs is 1. The van der Waals surface area contributed by atoms with E-state index in [2.05, 4.69) is 10.3 Å². The number of carbonyl (C=O) groups excluding carboxylic acids is 1. The summed E-state index contributed by atoms with van der Waals surface area (Å²) in [6.07, 6.45) is 2.13. The van der Waals surface area contributed by atoms with Gasteiger partial charge in [-0.05, 0) is 24.3 Å². The summed E-state index contributed by atoms with van der Waals surface area (Å²) < 4.78 is 7.14. The minimum absolute atomic E-state index is 0.0346. The Balaban J connectivity index is 1.67. The second-order valence-electron chi connectivity index (χ2n) is 4.86. The first-order valence-corrected chi connectivity index (χ1v) is 8.02. The number of ether oxygens (including phenoxy) is 1. The topological polar surface area (TPSA) is 72.7 Å². The third-order valence-electron chi connectivity index (χ3n) is 3.20. The highest BCUT2D eigenvalue weighted by Crippen LogP contribution is 2.17. The summed E-state index contributed by atoms with van der Waals surface area (Å²) in [5.41, 5.74) is 1.19. The molecule has 0 spiro atoms. The number of hydrogen-bond acceptors (Lipinski definition) is 5. The van der Waals surface area contributed by atoms with E-state index in [1.54, 1.807) is 37.4 Å². The first kappa shape index (κ1) is 15.2. The molecule has 0 saturated heterocycles. The van der Waals surface area contributed by atoms with Gasteiger partial charge in [-0.25, -0.2) is 4.98 Å². The monoisotopic (exact) mass is 329 g/mol. The number of benzene rings is 1. The zero-order valence-electron chi connectivity index (χ0n) is 12.5. The van der Waals surface area contributed by atoms with Crippen molar-refractivity contribution < 1.29 is 9.53 Å². The van der Waals surface area contributed by atoms with E-state index in [-0.39, 0.29) is 18.1 Å². The Kier molecular flexibility index (Phi) is 4.38. The number of carbonyl (C=O) groups is 1. The molecule has 0 atom stereocenters. The summed E-state index contributed by atoms with van der Waals surface area (Å²) in [7, 11) is 0. The average molecular weight is 329 g/mol. The standard InChI is InChI=1S/C16H15N3O3S/c1-2-14(20)17-11-3-5-13(6-4-11)22-10-12-9-15(21)19-7-8-23-16(19)18-12/h3-9H,2,10H2,1H3,(H,17,20). The largest absolute Gasteiger partial charge is 0.487 e. The van der Waals surface area contributed by atoms with Gasteiger partial charge in [-0.1, -0.05) is 6.92 Å². The minimum atomic E-state index is -0.118. The number of nitrogens with zero attached hydrogens (tertiary/aromatic N) is 2. The Hall–Kier alpha value is -2.67. The lowest BCUT2D eigenvalue weighted by atomic mass is 10.3. The summed E-state index contributed by atoms with van der Waals surface area (Å²) in [4.78, 5) is 28.2. The molecular formula is C16H15N3O3S. The summed E-state index contributed by atoms with van der Waals surface area (Å²) in [5.74, 6) is 0.611. The van der Waals surface area contributed by atoms with Gasteiger partial charge in [-0.15, -0.1) is 11.3 Å². The first-order chi connectivity index (χ1) is 11.2. The van der Waals surface area contributed by atoms with Gasteiger partial charge in [0.05, 0.1) is 5.69 Å². The number of nitrogens with one attached hydrogen (secondary N) is 1. The van der Waals surface area contributed by atoms with Gasteiger partial charge in [-0.2, -0.15) is 0 Å². The van der Waals surface area contributed by atoms with E-state index < -0.39 is 0 Å². The number of anilines is 1. The fourth-order valence-corrected chi connectivity index (χ4v) is 2.74. The molecule has 0 aliphatic carbocycles. The van der Waals surface area contributed by atoms with Crippen LogP contribution in [0.15, 0.2) is 46.7 Å². The van der Waals surface area contributed by atoms with Crippen molar-refractivity contribution in [2.75, 3.05) is 5.32 Å². The van der Waals surface area contributed by atoms with Crippen molar-refractivity contribution >= 4 is 27.9 Å². The summed E-state index contributed by atoms with van der Waals surface area (Å²) in [6, 6.07) is 8.54. The Bertz CT molecular complexity index is 883. The van der Waals surface area contributed by atoms with E-state index in [1.807, 2.05) is 5.38 Å². The molecule has 3 aromatic rings. The van der Waals surface area contributed by atoms with Crippen LogP contribution in [0.4, 0.5) is 5.69 Å². The van der Waals surface area contributed by atoms with Crippen LogP contribution in [0, 0.1) is 0 Å². The van der Waals surface area contributed by atoms with Crippen LogP contribution in [0.25, 0.3) is 4.96 Å². The van der Waals surface area contributed by atoms with Crippen LogP contribution in [0.2, 0.25) is 0 Å². The molecule has 7 heteroatoms. The third kappa shape index (κ3) is 3.57. The van der Waals surface area contributed by atoms with Gasteiger partial charge < -0.3 is 10.1 Å². The molecule has 2 aromatic heterocycles. The summed E-state index contributed by atoms with van der Waals surface area (Å²) in [5, 5.41) is 4.58. The van der Waals surface area contributed by atoms with Crippen molar-refractivity contribution in [3.05, 3.63) is 58.0 Å². The van der Waals surface area contributed by atoms with E-state index >= 15 is 0 Å². The van der Waals surface area contributed by atoms with E-state index in [0.29, 0.717) is 22.8 Å². The fourth-order valence-electron chi connectivity index (χ4n) is 2.00. The van der Waals surface area contributed by atoms with Crippen molar-refractivity contribution in [1.82, 2.24) is 9.38 Å². The molecule has 1 N–H and O–H groups in total. The van der Waals surface area contributed by atoms with E-state index in [0.717, 1.165) is 5.69 Å². The number of thiazole rings is 1. The molecule has 118 valence electrons. The highest BCUT2D eigenvalue weighted by molar-refractivity contribution is 7.15. The molecule has 0 radical (unpaired) electrons. The highest BCUT2D eigenvalue weighted by atomic mass is 32.1. The lowest BCUT2D eigenvalue weighted by Gasteiger charge is -2.07. The molecular weight excluding hydrogens is 314 g/mol. The van der Waals surface area contributed by atoms with Gasteiger partial charge in [0.2, 0.25) is 5.91 Å².